The monoisotopic (exact) mass is 288 g/mol. The van der Waals surface area contributed by atoms with Crippen molar-refractivity contribution in [1.29, 1.82) is 0 Å². The molecule has 0 bridgehead atoms. The van der Waals surface area contributed by atoms with Crippen LogP contribution in [0.4, 0.5) is 0 Å². The van der Waals surface area contributed by atoms with Gasteiger partial charge in [0.15, 0.2) is 0 Å². The quantitative estimate of drug-likeness (QED) is 0.739. The number of thioether (sulfide) groups is 1. The molecule has 0 aliphatic carbocycles. The zero-order valence-electron chi connectivity index (χ0n) is 11.8. The van der Waals surface area contributed by atoms with E-state index in [2.05, 4.69) is 0 Å². The van der Waals surface area contributed by atoms with Crippen molar-refractivity contribution in [2.75, 3.05) is 24.7 Å². The minimum absolute atomic E-state index is 0.0407. The van der Waals surface area contributed by atoms with E-state index in [0.717, 1.165) is 18.6 Å². The van der Waals surface area contributed by atoms with E-state index in [1.165, 1.54) is 0 Å². The normalized spacial score (nSPS) is 21.0. The maximum atomic E-state index is 12.2. The first-order valence-corrected chi connectivity index (χ1v) is 8.01. The van der Waals surface area contributed by atoms with Gasteiger partial charge in [0, 0.05) is 30.5 Å². The van der Waals surface area contributed by atoms with Gasteiger partial charge in [-0.2, -0.15) is 11.8 Å². The van der Waals surface area contributed by atoms with E-state index in [-0.39, 0.29) is 17.9 Å². The summed E-state index contributed by atoms with van der Waals surface area (Å²) in [4.78, 5) is 25.7. The van der Waals surface area contributed by atoms with E-state index in [9.17, 15) is 9.59 Å². The van der Waals surface area contributed by atoms with E-state index in [0.29, 0.717) is 25.3 Å². The van der Waals surface area contributed by atoms with Gasteiger partial charge in [-0.05, 0) is 26.7 Å². The van der Waals surface area contributed by atoms with Gasteiger partial charge in [0.2, 0.25) is 5.91 Å². The first-order valence-electron chi connectivity index (χ1n) is 6.85. The first kappa shape index (κ1) is 16.3. The number of nitrogens with zero attached hydrogens (tertiary/aromatic N) is 1. The molecule has 5 nitrogen and oxygen atoms in total. The molecule has 1 rings (SSSR count). The molecule has 0 saturated carbocycles. The van der Waals surface area contributed by atoms with E-state index in [4.69, 9.17) is 10.5 Å². The van der Waals surface area contributed by atoms with Crippen LogP contribution in [0.15, 0.2) is 0 Å². The van der Waals surface area contributed by atoms with Crippen molar-refractivity contribution in [3.63, 3.8) is 0 Å². The molecule has 2 unspecified atom stereocenters. The minimum atomic E-state index is -0.415. The molecule has 0 aromatic carbocycles. The molecular formula is C13H24N2O3S. The number of esters is 1. The molecule has 19 heavy (non-hydrogen) atoms. The lowest BCUT2D eigenvalue weighted by Crippen LogP contribution is -2.50. The molecule has 0 radical (unpaired) electrons. The number of hydrogen-bond acceptors (Lipinski definition) is 5. The summed E-state index contributed by atoms with van der Waals surface area (Å²) in [6.45, 7) is 4.70. The summed E-state index contributed by atoms with van der Waals surface area (Å²) in [5.41, 5.74) is 5.67. The van der Waals surface area contributed by atoms with Gasteiger partial charge in [-0.1, -0.05) is 0 Å². The highest BCUT2D eigenvalue weighted by Crippen LogP contribution is 2.19. The fourth-order valence-electron chi connectivity index (χ4n) is 2.05. The lowest BCUT2D eigenvalue weighted by Gasteiger charge is -2.33. The summed E-state index contributed by atoms with van der Waals surface area (Å²) < 4.78 is 5.04. The minimum Gasteiger partial charge on any atom is -0.464 e. The van der Waals surface area contributed by atoms with Crippen LogP contribution in [0.25, 0.3) is 0 Å². The molecule has 1 aliphatic rings. The summed E-state index contributed by atoms with van der Waals surface area (Å²) in [6.07, 6.45) is 2.07. The third-order valence-corrected chi connectivity index (χ3v) is 4.08. The second-order valence-corrected chi connectivity index (χ2v) is 5.95. The van der Waals surface area contributed by atoms with Crippen LogP contribution in [0.2, 0.25) is 0 Å². The van der Waals surface area contributed by atoms with Gasteiger partial charge in [-0.15, -0.1) is 0 Å². The van der Waals surface area contributed by atoms with Gasteiger partial charge >= 0.3 is 5.97 Å². The fourth-order valence-corrected chi connectivity index (χ4v) is 3.09. The highest BCUT2D eigenvalue weighted by atomic mass is 32.2. The third-order valence-electron chi connectivity index (χ3n) is 3.06. The maximum Gasteiger partial charge on any atom is 0.329 e. The predicted molar refractivity (Wildman–Crippen MR) is 77.0 cm³/mol. The molecule has 2 atom stereocenters. The van der Waals surface area contributed by atoms with Crippen LogP contribution in [0, 0.1) is 0 Å². The van der Waals surface area contributed by atoms with Gasteiger partial charge in [-0.25, -0.2) is 4.79 Å². The molecule has 6 heteroatoms. The zero-order chi connectivity index (χ0) is 14.3. The van der Waals surface area contributed by atoms with E-state index in [1.54, 1.807) is 23.6 Å². The van der Waals surface area contributed by atoms with E-state index in [1.807, 2.05) is 6.92 Å². The fraction of sp³-hybridized carbons (Fsp3) is 0.846. The molecule has 1 aliphatic heterocycles. The maximum absolute atomic E-state index is 12.2. The lowest BCUT2D eigenvalue weighted by molar-refractivity contribution is -0.153. The van der Waals surface area contributed by atoms with Gasteiger partial charge in [0.1, 0.15) is 6.04 Å². The Morgan fingerprint density at radius 2 is 2.26 bits per heavy atom. The Balaban J connectivity index is 2.51. The molecule has 1 saturated heterocycles. The number of amides is 1. The largest absolute Gasteiger partial charge is 0.464 e. The number of carbonyl (C=O) groups excluding carboxylic acids is 2. The van der Waals surface area contributed by atoms with Gasteiger partial charge in [0.25, 0.3) is 0 Å². The molecule has 1 fully saturated rings. The van der Waals surface area contributed by atoms with Crippen molar-refractivity contribution < 1.29 is 14.3 Å². The Kier molecular flexibility index (Phi) is 7.23. The van der Waals surface area contributed by atoms with Gasteiger partial charge in [0.05, 0.1) is 6.61 Å². The van der Waals surface area contributed by atoms with Crippen LogP contribution < -0.4 is 5.73 Å². The molecule has 1 amide bonds. The Morgan fingerprint density at radius 3 is 2.89 bits per heavy atom. The van der Waals surface area contributed by atoms with Crippen LogP contribution >= 0.6 is 11.8 Å². The first-order chi connectivity index (χ1) is 9.06. The molecule has 2 N–H and O–H groups in total. The lowest BCUT2D eigenvalue weighted by atomic mass is 10.1. The van der Waals surface area contributed by atoms with Crippen molar-refractivity contribution in [2.45, 2.75) is 45.2 Å². The number of carbonyl (C=O) groups is 2. The summed E-state index contributed by atoms with van der Waals surface area (Å²) in [6, 6.07) is -0.299. The van der Waals surface area contributed by atoms with Gasteiger partial charge < -0.3 is 15.4 Å². The molecular weight excluding hydrogens is 264 g/mol. The summed E-state index contributed by atoms with van der Waals surface area (Å²) >= 11 is 1.69. The zero-order valence-corrected chi connectivity index (χ0v) is 12.6. The standard InChI is InChI=1S/C13H24N2O3S/c1-3-18-13(17)11-9-19-8-7-15(11)12(16)6-4-5-10(2)14/h10-11H,3-9,14H2,1-2H3. The number of rotatable bonds is 6. The summed E-state index contributed by atoms with van der Waals surface area (Å²) in [7, 11) is 0. The molecule has 0 aromatic rings. The highest BCUT2D eigenvalue weighted by molar-refractivity contribution is 7.99. The number of hydrogen-bond donors (Lipinski definition) is 1. The average molecular weight is 288 g/mol. The van der Waals surface area contributed by atoms with Crippen LogP contribution in [-0.2, 0) is 14.3 Å². The Morgan fingerprint density at radius 1 is 1.53 bits per heavy atom. The highest BCUT2D eigenvalue weighted by Gasteiger charge is 2.33. The molecule has 110 valence electrons. The third kappa shape index (κ3) is 5.40. The molecule has 0 aromatic heterocycles. The van der Waals surface area contributed by atoms with E-state index >= 15 is 0 Å². The Bertz CT molecular complexity index is 310. The predicted octanol–water partition coefficient (Wildman–Crippen LogP) is 1.01. The Labute approximate surface area is 119 Å². The second kappa shape index (κ2) is 8.43. The van der Waals surface area contributed by atoms with Crippen molar-refractivity contribution in [3.05, 3.63) is 0 Å². The molecule has 1 heterocycles. The van der Waals surface area contributed by atoms with Crippen molar-refractivity contribution in [3.8, 4) is 0 Å². The Hall–Kier alpha value is -0.750. The van der Waals surface area contributed by atoms with Crippen LogP contribution in [0.3, 0.4) is 0 Å². The molecule has 0 spiro atoms. The average Bonchev–Trinajstić information content (AvgIpc) is 2.38. The second-order valence-electron chi connectivity index (χ2n) is 4.80. The van der Waals surface area contributed by atoms with E-state index < -0.39 is 6.04 Å². The van der Waals surface area contributed by atoms with Crippen molar-refractivity contribution in [1.82, 2.24) is 4.90 Å². The topological polar surface area (TPSA) is 72.6 Å². The van der Waals surface area contributed by atoms with Crippen molar-refractivity contribution in [2.24, 2.45) is 5.73 Å². The van der Waals surface area contributed by atoms with Crippen molar-refractivity contribution >= 4 is 23.6 Å². The van der Waals surface area contributed by atoms with Gasteiger partial charge in [-0.3, -0.25) is 4.79 Å². The van der Waals surface area contributed by atoms with Crippen LogP contribution in [0.1, 0.15) is 33.1 Å². The van der Waals surface area contributed by atoms with Crippen LogP contribution in [0.5, 0.6) is 0 Å². The SMILES string of the molecule is CCOC(=O)C1CSCCN1C(=O)CCCC(C)N. The number of nitrogens with two attached hydrogens (primary N) is 1. The number of ether oxygens (including phenoxy) is 1. The van der Waals surface area contributed by atoms with Crippen LogP contribution in [-0.4, -0.2) is 53.5 Å². The summed E-state index contributed by atoms with van der Waals surface area (Å²) in [5.74, 6) is 1.28. The smallest absolute Gasteiger partial charge is 0.329 e. The summed E-state index contributed by atoms with van der Waals surface area (Å²) in [5, 5.41) is 0.